The van der Waals surface area contributed by atoms with Crippen LogP contribution in [0.4, 0.5) is 8.78 Å². The van der Waals surface area contributed by atoms with Crippen molar-refractivity contribution in [3.63, 3.8) is 0 Å². The molecule has 0 aromatic heterocycles. The van der Waals surface area contributed by atoms with Crippen LogP contribution in [0.15, 0.2) is 12.2 Å². The number of aliphatic carboxylic acids is 1. The molecule has 18 heavy (non-hydrogen) atoms. The summed E-state index contributed by atoms with van der Waals surface area (Å²) in [5.41, 5.74) is 0. The summed E-state index contributed by atoms with van der Waals surface area (Å²) in [6.45, 7) is 1.70. The van der Waals surface area contributed by atoms with Crippen LogP contribution < -0.4 is 5.32 Å². The van der Waals surface area contributed by atoms with E-state index in [9.17, 15) is 18.4 Å². The second-order valence-corrected chi connectivity index (χ2v) is 3.71. The maximum Gasteiger partial charge on any atom is 0.322 e. The maximum absolute atomic E-state index is 12.1. The molecule has 2 atom stereocenters. The third kappa shape index (κ3) is 6.95. The molecule has 104 valence electrons. The monoisotopic (exact) mass is 265 g/mol. The molecule has 0 aliphatic rings. The first-order chi connectivity index (χ1) is 8.40. The lowest BCUT2D eigenvalue weighted by Crippen LogP contribution is -2.39. The lowest BCUT2D eigenvalue weighted by molar-refractivity contribution is -0.143. The summed E-state index contributed by atoms with van der Waals surface area (Å²) in [6, 6.07) is -0.623. The molecule has 0 saturated carbocycles. The van der Waals surface area contributed by atoms with Gasteiger partial charge < -0.3 is 15.2 Å². The van der Waals surface area contributed by atoms with E-state index in [2.05, 4.69) is 10.1 Å². The Morgan fingerprint density at radius 1 is 1.44 bits per heavy atom. The molecule has 0 aliphatic heterocycles. The Hall–Kier alpha value is -1.50. The highest BCUT2D eigenvalue weighted by atomic mass is 19.3. The third-order valence-electron chi connectivity index (χ3n) is 2.32. The van der Waals surface area contributed by atoms with Crippen molar-refractivity contribution in [3.8, 4) is 0 Å². The van der Waals surface area contributed by atoms with Crippen LogP contribution in [0, 0.1) is 5.92 Å². The van der Waals surface area contributed by atoms with E-state index in [1.165, 1.54) is 7.11 Å². The van der Waals surface area contributed by atoms with Crippen molar-refractivity contribution in [1.29, 1.82) is 0 Å². The number of carbonyl (C=O) groups excluding carboxylic acids is 1. The average Bonchev–Trinajstić information content (AvgIpc) is 2.27. The summed E-state index contributed by atoms with van der Waals surface area (Å²) in [4.78, 5) is 21.7. The highest BCUT2D eigenvalue weighted by Gasteiger charge is 2.19. The number of carboxylic acid groups (broad SMARTS) is 1. The molecule has 0 fully saturated rings. The molecule has 0 bridgehead atoms. The predicted octanol–water partition coefficient (Wildman–Crippen LogP) is 1.40. The number of esters is 1. The summed E-state index contributed by atoms with van der Waals surface area (Å²) in [5, 5.41) is 11.3. The minimum Gasteiger partial charge on any atom is -0.481 e. The standard InChI is InChI=1S/C11H17F2NO4/c1-3-8(11(17)18-2)14-6-7(4-9(12)13)5-10(15)16/h4,7-8,14H,3,5-6H2,1-2H3,(H,15,16)/t7?,8-/m0/s1. The first kappa shape index (κ1) is 16.5. The van der Waals surface area contributed by atoms with Gasteiger partial charge in [0.05, 0.1) is 13.5 Å². The van der Waals surface area contributed by atoms with E-state index in [1.807, 2.05) is 0 Å². The molecule has 0 heterocycles. The molecule has 0 aliphatic carbocycles. The molecule has 0 amide bonds. The van der Waals surface area contributed by atoms with Crippen molar-refractivity contribution in [2.24, 2.45) is 5.92 Å². The summed E-state index contributed by atoms with van der Waals surface area (Å²) < 4.78 is 28.7. The quantitative estimate of drug-likeness (QED) is 0.649. The van der Waals surface area contributed by atoms with Crippen LogP contribution in [0.25, 0.3) is 0 Å². The van der Waals surface area contributed by atoms with Gasteiger partial charge in [0.25, 0.3) is 6.08 Å². The minimum atomic E-state index is -1.94. The van der Waals surface area contributed by atoms with E-state index >= 15 is 0 Å². The van der Waals surface area contributed by atoms with Gasteiger partial charge in [0.2, 0.25) is 0 Å². The Balaban J connectivity index is 4.44. The Bertz CT molecular complexity index is 316. The van der Waals surface area contributed by atoms with Crippen LogP contribution in [0.5, 0.6) is 0 Å². The van der Waals surface area contributed by atoms with Gasteiger partial charge in [-0.3, -0.25) is 9.59 Å². The second kappa shape index (κ2) is 8.57. The molecule has 1 unspecified atom stereocenters. The second-order valence-electron chi connectivity index (χ2n) is 3.71. The van der Waals surface area contributed by atoms with E-state index in [1.54, 1.807) is 6.92 Å². The van der Waals surface area contributed by atoms with Gasteiger partial charge in [0.1, 0.15) is 6.04 Å². The fraction of sp³-hybridized carbons (Fsp3) is 0.636. The Morgan fingerprint density at radius 3 is 2.44 bits per heavy atom. The number of methoxy groups -OCH3 is 1. The summed E-state index contributed by atoms with van der Waals surface area (Å²) in [7, 11) is 1.22. The maximum atomic E-state index is 12.1. The molecule has 7 heteroatoms. The fourth-order valence-electron chi connectivity index (χ4n) is 1.42. The SMILES string of the molecule is CC[C@H](NCC(C=C(F)F)CC(=O)O)C(=O)OC. The number of carbonyl (C=O) groups is 2. The van der Waals surface area contributed by atoms with Crippen LogP contribution in [-0.4, -0.2) is 36.7 Å². The number of carboxylic acids is 1. The molecule has 0 spiro atoms. The lowest BCUT2D eigenvalue weighted by atomic mass is 10.0. The van der Waals surface area contributed by atoms with Gasteiger partial charge in [0, 0.05) is 12.5 Å². The topological polar surface area (TPSA) is 75.6 Å². The van der Waals surface area contributed by atoms with E-state index in [0.717, 1.165) is 0 Å². The number of halogens is 2. The Labute approximate surface area is 104 Å². The van der Waals surface area contributed by atoms with Gasteiger partial charge in [0.15, 0.2) is 0 Å². The van der Waals surface area contributed by atoms with E-state index < -0.39 is 36.4 Å². The molecular weight excluding hydrogens is 248 g/mol. The Morgan fingerprint density at radius 2 is 2.06 bits per heavy atom. The van der Waals surface area contributed by atoms with Gasteiger partial charge >= 0.3 is 11.9 Å². The smallest absolute Gasteiger partial charge is 0.322 e. The first-order valence-electron chi connectivity index (χ1n) is 5.46. The predicted molar refractivity (Wildman–Crippen MR) is 60.1 cm³/mol. The van der Waals surface area contributed by atoms with E-state index in [-0.39, 0.29) is 6.54 Å². The van der Waals surface area contributed by atoms with Crippen molar-refractivity contribution < 1.29 is 28.2 Å². The van der Waals surface area contributed by atoms with Crippen molar-refractivity contribution in [1.82, 2.24) is 5.32 Å². The summed E-state index contributed by atoms with van der Waals surface area (Å²) in [5.74, 6) is -2.55. The van der Waals surface area contributed by atoms with Crippen LogP contribution in [0.2, 0.25) is 0 Å². The van der Waals surface area contributed by atoms with Crippen LogP contribution in [-0.2, 0) is 14.3 Å². The molecule has 0 rings (SSSR count). The minimum absolute atomic E-state index is 0.0305. The number of nitrogens with one attached hydrogen (secondary N) is 1. The highest BCUT2D eigenvalue weighted by molar-refractivity contribution is 5.75. The number of hydrogen-bond acceptors (Lipinski definition) is 4. The van der Waals surface area contributed by atoms with E-state index in [0.29, 0.717) is 12.5 Å². The zero-order valence-electron chi connectivity index (χ0n) is 10.3. The van der Waals surface area contributed by atoms with Crippen LogP contribution in [0.1, 0.15) is 19.8 Å². The average molecular weight is 265 g/mol. The van der Waals surface area contributed by atoms with Gasteiger partial charge in [-0.05, 0) is 12.5 Å². The molecule has 0 saturated heterocycles. The summed E-state index contributed by atoms with van der Waals surface area (Å²) >= 11 is 0. The van der Waals surface area contributed by atoms with Crippen molar-refractivity contribution in [2.75, 3.05) is 13.7 Å². The molecular formula is C11H17F2NO4. The number of ether oxygens (including phenoxy) is 1. The van der Waals surface area contributed by atoms with Crippen molar-refractivity contribution >= 4 is 11.9 Å². The number of hydrogen-bond donors (Lipinski definition) is 2. The summed E-state index contributed by atoms with van der Waals surface area (Å²) in [6.07, 6.45) is -1.37. The molecule has 5 nitrogen and oxygen atoms in total. The van der Waals surface area contributed by atoms with Crippen molar-refractivity contribution in [2.45, 2.75) is 25.8 Å². The zero-order valence-corrected chi connectivity index (χ0v) is 10.3. The first-order valence-corrected chi connectivity index (χ1v) is 5.46. The van der Waals surface area contributed by atoms with Crippen LogP contribution >= 0.6 is 0 Å². The number of rotatable bonds is 8. The van der Waals surface area contributed by atoms with Gasteiger partial charge in [-0.15, -0.1) is 0 Å². The highest BCUT2D eigenvalue weighted by Crippen LogP contribution is 2.10. The van der Waals surface area contributed by atoms with Crippen LogP contribution in [0.3, 0.4) is 0 Å². The van der Waals surface area contributed by atoms with Gasteiger partial charge in [-0.2, -0.15) is 8.78 Å². The normalized spacial score (nSPS) is 13.6. The van der Waals surface area contributed by atoms with Gasteiger partial charge in [-0.25, -0.2) is 0 Å². The Kier molecular flexibility index (Phi) is 7.86. The zero-order chi connectivity index (χ0) is 14.1. The molecule has 0 radical (unpaired) electrons. The molecule has 2 N–H and O–H groups in total. The van der Waals surface area contributed by atoms with E-state index in [4.69, 9.17) is 5.11 Å². The van der Waals surface area contributed by atoms with Gasteiger partial charge in [-0.1, -0.05) is 6.92 Å². The largest absolute Gasteiger partial charge is 0.481 e. The lowest BCUT2D eigenvalue weighted by Gasteiger charge is -2.17. The third-order valence-corrected chi connectivity index (χ3v) is 2.32. The van der Waals surface area contributed by atoms with Crippen molar-refractivity contribution in [3.05, 3.63) is 12.2 Å². The molecule has 0 aromatic rings. The molecule has 0 aromatic carbocycles. The fourth-order valence-corrected chi connectivity index (χ4v) is 1.42.